The van der Waals surface area contributed by atoms with E-state index in [0.717, 1.165) is 16.7 Å². The highest BCUT2D eigenvalue weighted by atomic mass is 35.5. The first kappa shape index (κ1) is 15.3. The van der Waals surface area contributed by atoms with E-state index in [1.807, 2.05) is 36.4 Å². The number of benzene rings is 2. The summed E-state index contributed by atoms with van der Waals surface area (Å²) in [5, 5.41) is 11.3. The van der Waals surface area contributed by atoms with Crippen LogP contribution in [0.5, 0.6) is 0 Å². The molecule has 0 bridgehead atoms. The summed E-state index contributed by atoms with van der Waals surface area (Å²) in [6.07, 6.45) is 0. The number of aromatic nitrogens is 5. The van der Waals surface area contributed by atoms with Crippen LogP contribution in [0.1, 0.15) is 16.2 Å². The highest BCUT2D eigenvalue weighted by Crippen LogP contribution is 2.18. The van der Waals surface area contributed by atoms with Crippen LogP contribution in [0.4, 0.5) is 5.95 Å². The van der Waals surface area contributed by atoms with E-state index in [4.69, 9.17) is 11.6 Å². The molecule has 0 atom stereocenters. The lowest BCUT2D eigenvalue weighted by atomic mass is 10.3. The van der Waals surface area contributed by atoms with Gasteiger partial charge in [-0.15, -0.1) is 5.10 Å². The number of hydrogen-bond acceptors (Lipinski definition) is 4. The summed E-state index contributed by atoms with van der Waals surface area (Å²) in [6, 6.07) is 14.7. The Morgan fingerprint density at radius 1 is 1.20 bits per heavy atom. The van der Waals surface area contributed by atoms with Gasteiger partial charge in [0.05, 0.1) is 22.4 Å². The van der Waals surface area contributed by atoms with Gasteiger partial charge in [0.2, 0.25) is 5.95 Å². The molecule has 0 saturated heterocycles. The fourth-order valence-corrected chi connectivity index (χ4v) is 2.76. The number of fused-ring (bicyclic) bond motifs is 1. The number of para-hydroxylation sites is 2. The van der Waals surface area contributed by atoms with Gasteiger partial charge in [-0.2, -0.15) is 0 Å². The van der Waals surface area contributed by atoms with Crippen molar-refractivity contribution in [2.24, 2.45) is 0 Å². The van der Waals surface area contributed by atoms with E-state index in [2.05, 4.69) is 25.6 Å². The van der Waals surface area contributed by atoms with Crippen molar-refractivity contribution in [2.45, 2.75) is 6.92 Å². The molecule has 4 aromatic rings. The molecule has 7 nitrogen and oxygen atoms in total. The molecular weight excluding hydrogens is 340 g/mol. The summed E-state index contributed by atoms with van der Waals surface area (Å²) in [5.41, 5.74) is 3.19. The Kier molecular flexibility index (Phi) is 3.70. The van der Waals surface area contributed by atoms with Crippen molar-refractivity contribution >= 4 is 34.5 Å². The molecule has 2 N–H and O–H groups in total. The average molecular weight is 353 g/mol. The normalized spacial score (nSPS) is 11.0. The van der Waals surface area contributed by atoms with Crippen molar-refractivity contribution in [1.82, 2.24) is 25.0 Å². The Morgan fingerprint density at radius 3 is 2.84 bits per heavy atom. The van der Waals surface area contributed by atoms with Crippen LogP contribution in [-0.4, -0.2) is 30.9 Å². The molecule has 1 amide bonds. The van der Waals surface area contributed by atoms with Gasteiger partial charge in [0, 0.05) is 5.02 Å². The number of halogens is 1. The molecule has 8 heteroatoms. The summed E-state index contributed by atoms with van der Waals surface area (Å²) in [4.78, 5) is 19.9. The van der Waals surface area contributed by atoms with Gasteiger partial charge in [0.25, 0.3) is 5.91 Å². The largest absolute Gasteiger partial charge is 0.324 e. The van der Waals surface area contributed by atoms with E-state index in [-0.39, 0.29) is 11.6 Å². The molecule has 4 rings (SSSR count). The zero-order chi connectivity index (χ0) is 17.4. The number of hydrogen-bond donors (Lipinski definition) is 2. The molecule has 2 heterocycles. The van der Waals surface area contributed by atoms with Gasteiger partial charge in [-0.1, -0.05) is 35.0 Å². The molecule has 0 unspecified atom stereocenters. The van der Waals surface area contributed by atoms with Crippen LogP contribution in [0.3, 0.4) is 0 Å². The summed E-state index contributed by atoms with van der Waals surface area (Å²) in [6.45, 7) is 1.77. The molecule has 0 aliphatic carbocycles. The summed E-state index contributed by atoms with van der Waals surface area (Å²) < 4.78 is 1.57. The van der Waals surface area contributed by atoms with E-state index in [1.165, 1.54) is 0 Å². The molecule has 2 aromatic carbocycles. The van der Waals surface area contributed by atoms with Gasteiger partial charge in [-0.3, -0.25) is 10.1 Å². The first-order valence-corrected chi connectivity index (χ1v) is 7.94. The number of carbonyl (C=O) groups is 1. The minimum absolute atomic E-state index is 0.223. The maximum atomic E-state index is 12.5. The summed E-state index contributed by atoms with van der Waals surface area (Å²) in [7, 11) is 0. The molecule has 0 aliphatic heterocycles. The minimum atomic E-state index is -0.384. The molecule has 124 valence electrons. The van der Waals surface area contributed by atoms with E-state index in [0.29, 0.717) is 16.7 Å². The highest BCUT2D eigenvalue weighted by molar-refractivity contribution is 6.30. The van der Waals surface area contributed by atoms with E-state index in [9.17, 15) is 4.79 Å². The van der Waals surface area contributed by atoms with E-state index >= 15 is 0 Å². The van der Waals surface area contributed by atoms with E-state index in [1.54, 1.807) is 23.7 Å². The van der Waals surface area contributed by atoms with Gasteiger partial charge in [-0.05, 0) is 37.3 Å². The number of rotatable bonds is 3. The number of amides is 1. The third-order valence-corrected chi connectivity index (χ3v) is 4.02. The predicted molar refractivity (Wildman–Crippen MR) is 95.2 cm³/mol. The monoisotopic (exact) mass is 352 g/mol. The number of H-pyrrole nitrogens is 1. The van der Waals surface area contributed by atoms with Crippen molar-refractivity contribution in [3.05, 3.63) is 64.9 Å². The lowest BCUT2D eigenvalue weighted by Crippen LogP contribution is -2.15. The molecule has 25 heavy (non-hydrogen) atoms. The standard InChI is InChI=1S/C17H13ClN6O/c1-10-15(22-23-24(10)12-6-4-5-11(18)9-12)16(25)21-17-19-13-7-2-3-8-14(13)20-17/h2-9H,1H3,(H2,19,20,21,25). The van der Waals surface area contributed by atoms with Crippen LogP contribution in [0.25, 0.3) is 16.7 Å². The maximum absolute atomic E-state index is 12.5. The fraction of sp³-hybridized carbons (Fsp3) is 0.0588. The van der Waals surface area contributed by atoms with Gasteiger partial charge in [0.1, 0.15) is 0 Å². The van der Waals surface area contributed by atoms with Gasteiger partial charge >= 0.3 is 0 Å². The lowest BCUT2D eigenvalue weighted by Gasteiger charge is -2.04. The Bertz CT molecular complexity index is 1050. The topological polar surface area (TPSA) is 88.5 Å². The third-order valence-electron chi connectivity index (χ3n) is 3.78. The van der Waals surface area contributed by atoms with Crippen molar-refractivity contribution in [3.63, 3.8) is 0 Å². The predicted octanol–water partition coefficient (Wildman–Crippen LogP) is 3.36. The Labute approximate surface area is 147 Å². The molecule has 0 spiro atoms. The van der Waals surface area contributed by atoms with Crippen LogP contribution in [0.2, 0.25) is 5.02 Å². The number of carbonyl (C=O) groups excluding carboxylic acids is 1. The molecule has 0 aliphatic rings. The van der Waals surface area contributed by atoms with Crippen LogP contribution in [-0.2, 0) is 0 Å². The minimum Gasteiger partial charge on any atom is -0.324 e. The van der Waals surface area contributed by atoms with Crippen LogP contribution >= 0.6 is 11.6 Å². The fourth-order valence-electron chi connectivity index (χ4n) is 2.57. The van der Waals surface area contributed by atoms with Crippen molar-refractivity contribution in [2.75, 3.05) is 5.32 Å². The number of anilines is 1. The summed E-state index contributed by atoms with van der Waals surface area (Å²) >= 11 is 6.01. The third kappa shape index (κ3) is 2.85. The number of imidazole rings is 1. The SMILES string of the molecule is Cc1c(C(=O)Nc2nc3ccccc3[nH]2)nnn1-c1cccc(Cl)c1. The second-order valence-corrected chi connectivity index (χ2v) is 5.91. The maximum Gasteiger partial charge on any atom is 0.280 e. The van der Waals surface area contributed by atoms with Crippen molar-refractivity contribution < 1.29 is 4.79 Å². The average Bonchev–Trinajstić information content (AvgIpc) is 3.17. The molecule has 0 saturated carbocycles. The quantitative estimate of drug-likeness (QED) is 0.591. The molecule has 0 fully saturated rings. The van der Waals surface area contributed by atoms with E-state index < -0.39 is 0 Å². The van der Waals surface area contributed by atoms with Crippen LogP contribution in [0, 0.1) is 6.92 Å². The highest BCUT2D eigenvalue weighted by Gasteiger charge is 2.18. The van der Waals surface area contributed by atoms with Crippen LogP contribution < -0.4 is 5.32 Å². The molecular formula is C17H13ClN6O. The number of nitrogens with zero attached hydrogens (tertiary/aromatic N) is 4. The Hall–Kier alpha value is -3.19. The first-order valence-electron chi connectivity index (χ1n) is 7.56. The smallest absolute Gasteiger partial charge is 0.280 e. The summed E-state index contributed by atoms with van der Waals surface area (Å²) in [5.74, 6) is -0.0206. The Morgan fingerprint density at radius 2 is 2.04 bits per heavy atom. The lowest BCUT2D eigenvalue weighted by molar-refractivity contribution is 0.102. The zero-order valence-corrected chi connectivity index (χ0v) is 13.9. The van der Waals surface area contributed by atoms with Crippen molar-refractivity contribution in [1.29, 1.82) is 0 Å². The van der Waals surface area contributed by atoms with Crippen LogP contribution in [0.15, 0.2) is 48.5 Å². The Balaban J connectivity index is 1.62. The van der Waals surface area contributed by atoms with Gasteiger partial charge < -0.3 is 4.98 Å². The molecule has 2 aromatic heterocycles. The second kappa shape index (κ2) is 6.03. The number of aromatic amines is 1. The van der Waals surface area contributed by atoms with Crippen molar-refractivity contribution in [3.8, 4) is 5.69 Å². The van der Waals surface area contributed by atoms with Gasteiger partial charge in [0.15, 0.2) is 5.69 Å². The molecule has 0 radical (unpaired) electrons. The first-order chi connectivity index (χ1) is 12.1. The van der Waals surface area contributed by atoms with Gasteiger partial charge in [-0.25, -0.2) is 9.67 Å². The zero-order valence-electron chi connectivity index (χ0n) is 13.2. The number of nitrogens with one attached hydrogen (secondary N) is 2. The second-order valence-electron chi connectivity index (χ2n) is 5.47.